The third kappa shape index (κ3) is 5.86. The topological polar surface area (TPSA) is 45.7 Å². The summed E-state index contributed by atoms with van der Waals surface area (Å²) < 4.78 is 56.7. The molecule has 0 aromatic heterocycles. The van der Waals surface area contributed by atoms with E-state index in [-0.39, 0.29) is 30.8 Å². The molecule has 0 bridgehead atoms. The van der Waals surface area contributed by atoms with Crippen LogP contribution >= 0.6 is 0 Å². The van der Waals surface area contributed by atoms with E-state index in [2.05, 4.69) is 15.6 Å². The Kier molecular flexibility index (Phi) is 7.25. The van der Waals surface area contributed by atoms with Gasteiger partial charge in [0, 0.05) is 26.7 Å². The number of benzene rings is 1. The highest BCUT2D eigenvalue weighted by molar-refractivity contribution is 5.80. The van der Waals surface area contributed by atoms with E-state index in [4.69, 9.17) is 4.74 Å². The van der Waals surface area contributed by atoms with Crippen LogP contribution in [-0.4, -0.2) is 38.9 Å². The van der Waals surface area contributed by atoms with E-state index in [1.807, 2.05) is 0 Å². The highest BCUT2D eigenvalue weighted by atomic mass is 19.4. The van der Waals surface area contributed by atoms with Crippen molar-refractivity contribution in [3.05, 3.63) is 35.6 Å². The van der Waals surface area contributed by atoms with E-state index in [9.17, 15) is 17.6 Å². The molecule has 8 heteroatoms. The van der Waals surface area contributed by atoms with E-state index in [1.54, 1.807) is 26.3 Å². The predicted molar refractivity (Wildman–Crippen MR) is 92.4 cm³/mol. The zero-order chi connectivity index (χ0) is 19.2. The Hall–Kier alpha value is -1.83. The summed E-state index contributed by atoms with van der Waals surface area (Å²) in [7, 11) is 3.17. The normalized spacial score (nSPS) is 22.8. The molecule has 2 rings (SSSR count). The quantitative estimate of drug-likeness (QED) is 0.468. The smallest absolute Gasteiger partial charge is 0.375 e. The third-order valence-electron chi connectivity index (χ3n) is 4.74. The molecule has 1 unspecified atom stereocenters. The minimum absolute atomic E-state index is 0.0355. The van der Waals surface area contributed by atoms with Crippen molar-refractivity contribution in [2.45, 2.75) is 44.0 Å². The van der Waals surface area contributed by atoms with Gasteiger partial charge < -0.3 is 15.4 Å². The summed E-state index contributed by atoms with van der Waals surface area (Å²) in [5.41, 5.74) is 0.822. The Balaban J connectivity index is 1.83. The first-order valence-electron chi connectivity index (χ1n) is 8.65. The van der Waals surface area contributed by atoms with E-state index < -0.39 is 12.1 Å². The summed E-state index contributed by atoms with van der Waals surface area (Å²) in [5, 5.41) is 6.29. The van der Waals surface area contributed by atoms with E-state index in [1.165, 1.54) is 12.1 Å². The van der Waals surface area contributed by atoms with Gasteiger partial charge in [0.1, 0.15) is 5.82 Å². The summed E-state index contributed by atoms with van der Waals surface area (Å²) in [5.74, 6) is -1.00. The van der Waals surface area contributed by atoms with Gasteiger partial charge in [-0.1, -0.05) is 12.1 Å². The molecule has 0 amide bonds. The molecule has 0 heterocycles. The molecule has 26 heavy (non-hydrogen) atoms. The van der Waals surface area contributed by atoms with Gasteiger partial charge in [0.15, 0.2) is 5.96 Å². The zero-order valence-electron chi connectivity index (χ0n) is 14.9. The van der Waals surface area contributed by atoms with Crippen molar-refractivity contribution in [1.82, 2.24) is 10.6 Å². The molecule has 1 aromatic carbocycles. The molecule has 1 fully saturated rings. The van der Waals surface area contributed by atoms with Crippen molar-refractivity contribution in [2.24, 2.45) is 10.9 Å². The molecular formula is C18H25F4N3O. The van der Waals surface area contributed by atoms with Crippen LogP contribution in [0.5, 0.6) is 0 Å². The van der Waals surface area contributed by atoms with E-state index >= 15 is 0 Å². The lowest BCUT2D eigenvalue weighted by molar-refractivity contribution is -0.182. The fourth-order valence-electron chi connectivity index (χ4n) is 3.16. The molecule has 1 atom stereocenters. The predicted octanol–water partition coefficient (Wildman–Crippen LogP) is 3.80. The highest BCUT2D eigenvalue weighted by Gasteiger charge is 2.41. The number of methoxy groups -OCH3 is 1. The van der Waals surface area contributed by atoms with Gasteiger partial charge in [-0.05, 0) is 43.4 Å². The molecule has 0 aliphatic heterocycles. The average Bonchev–Trinajstić information content (AvgIpc) is 2.62. The molecule has 1 aliphatic rings. The number of hydrogen-bond acceptors (Lipinski definition) is 2. The molecule has 146 valence electrons. The summed E-state index contributed by atoms with van der Waals surface area (Å²) in [4.78, 5) is 4.12. The van der Waals surface area contributed by atoms with Crippen molar-refractivity contribution in [2.75, 3.05) is 20.7 Å². The van der Waals surface area contributed by atoms with E-state index in [0.29, 0.717) is 25.3 Å². The van der Waals surface area contributed by atoms with Gasteiger partial charge in [0.2, 0.25) is 0 Å². The Morgan fingerprint density at radius 3 is 2.31 bits per heavy atom. The average molecular weight is 375 g/mol. The van der Waals surface area contributed by atoms with Gasteiger partial charge >= 0.3 is 6.18 Å². The number of halogens is 4. The monoisotopic (exact) mass is 375 g/mol. The first-order chi connectivity index (χ1) is 12.3. The van der Waals surface area contributed by atoms with Crippen LogP contribution in [0.15, 0.2) is 29.3 Å². The van der Waals surface area contributed by atoms with Gasteiger partial charge in [-0.3, -0.25) is 4.99 Å². The van der Waals surface area contributed by atoms with Crippen LogP contribution in [0.25, 0.3) is 0 Å². The minimum Gasteiger partial charge on any atom is -0.375 e. The van der Waals surface area contributed by atoms with Crippen LogP contribution in [-0.2, 0) is 4.74 Å². The first kappa shape index (κ1) is 20.5. The van der Waals surface area contributed by atoms with Crippen molar-refractivity contribution in [3.63, 3.8) is 0 Å². The second-order valence-corrected chi connectivity index (χ2v) is 6.46. The molecule has 1 saturated carbocycles. The van der Waals surface area contributed by atoms with Crippen molar-refractivity contribution in [1.29, 1.82) is 0 Å². The van der Waals surface area contributed by atoms with Crippen molar-refractivity contribution < 1.29 is 22.3 Å². The van der Waals surface area contributed by atoms with Crippen molar-refractivity contribution >= 4 is 5.96 Å². The Morgan fingerprint density at radius 2 is 1.81 bits per heavy atom. The third-order valence-corrected chi connectivity index (χ3v) is 4.74. The number of ether oxygens (including phenoxy) is 1. The maximum absolute atomic E-state index is 13.0. The van der Waals surface area contributed by atoms with Gasteiger partial charge in [0.05, 0.1) is 12.0 Å². The van der Waals surface area contributed by atoms with Crippen LogP contribution < -0.4 is 10.6 Å². The number of nitrogens with zero attached hydrogens (tertiary/aromatic N) is 1. The maximum Gasteiger partial charge on any atom is 0.391 e. The van der Waals surface area contributed by atoms with Gasteiger partial charge in [-0.15, -0.1) is 0 Å². The fraction of sp³-hybridized carbons (Fsp3) is 0.611. The van der Waals surface area contributed by atoms with Crippen LogP contribution in [0.4, 0.5) is 17.6 Å². The van der Waals surface area contributed by atoms with Crippen molar-refractivity contribution in [3.8, 4) is 0 Å². The van der Waals surface area contributed by atoms with Crippen LogP contribution in [0.2, 0.25) is 0 Å². The first-order valence-corrected chi connectivity index (χ1v) is 8.65. The SMILES string of the molecule is CN=C(NCC(OC)c1ccc(F)cc1)NC1CCC(C(F)(F)F)CC1. The number of hydrogen-bond donors (Lipinski definition) is 2. The molecule has 4 nitrogen and oxygen atoms in total. The summed E-state index contributed by atoms with van der Waals surface area (Å²) in [6.07, 6.45) is -3.23. The molecule has 0 radical (unpaired) electrons. The van der Waals surface area contributed by atoms with Gasteiger partial charge in [-0.25, -0.2) is 4.39 Å². The fourth-order valence-corrected chi connectivity index (χ4v) is 3.16. The van der Waals surface area contributed by atoms with E-state index in [0.717, 1.165) is 5.56 Å². The second kappa shape index (κ2) is 9.21. The number of rotatable bonds is 5. The minimum atomic E-state index is -4.11. The molecule has 1 aromatic rings. The lowest BCUT2D eigenvalue weighted by atomic mass is 9.85. The Morgan fingerprint density at radius 1 is 1.19 bits per heavy atom. The molecule has 0 spiro atoms. The number of nitrogens with one attached hydrogen (secondary N) is 2. The van der Waals surface area contributed by atoms with Crippen LogP contribution in [0.1, 0.15) is 37.4 Å². The lowest BCUT2D eigenvalue weighted by Gasteiger charge is -2.31. The largest absolute Gasteiger partial charge is 0.391 e. The molecule has 0 saturated heterocycles. The van der Waals surface area contributed by atoms with Crippen LogP contribution in [0, 0.1) is 11.7 Å². The summed E-state index contributed by atoms with van der Waals surface area (Å²) >= 11 is 0. The van der Waals surface area contributed by atoms with Gasteiger partial charge in [-0.2, -0.15) is 13.2 Å². The van der Waals surface area contributed by atoms with Gasteiger partial charge in [0.25, 0.3) is 0 Å². The lowest BCUT2D eigenvalue weighted by Crippen LogP contribution is -2.46. The maximum atomic E-state index is 13.0. The summed E-state index contributed by atoms with van der Waals surface area (Å²) in [6.45, 7) is 0.402. The standard InChI is InChI=1S/C18H25F4N3O/c1-23-17(25-15-9-5-13(6-10-15)18(20,21)22)24-11-16(26-2)12-3-7-14(19)8-4-12/h3-4,7-8,13,15-16H,5-6,9-11H2,1-2H3,(H2,23,24,25). The number of alkyl halides is 3. The zero-order valence-corrected chi connectivity index (χ0v) is 14.9. The number of aliphatic imine (C=N–C) groups is 1. The second-order valence-electron chi connectivity index (χ2n) is 6.46. The highest BCUT2D eigenvalue weighted by Crippen LogP contribution is 2.37. The molecular weight excluding hydrogens is 350 g/mol. The van der Waals surface area contributed by atoms with Crippen LogP contribution in [0.3, 0.4) is 0 Å². The number of guanidine groups is 1. The summed E-state index contributed by atoms with van der Waals surface area (Å²) in [6, 6.07) is 6.01. The molecule has 1 aliphatic carbocycles. The molecule has 2 N–H and O–H groups in total. The Labute approximate surface area is 151 Å². The Bertz CT molecular complexity index is 581.